The Morgan fingerprint density at radius 3 is 2.15 bits per heavy atom. The molecule has 26 heavy (non-hydrogen) atoms. The average Bonchev–Trinajstić information content (AvgIpc) is 2.48. The summed E-state index contributed by atoms with van der Waals surface area (Å²) in [5, 5.41) is -0.264. The summed E-state index contributed by atoms with van der Waals surface area (Å²) in [4.78, 5) is -0.351. The predicted octanol–water partition coefficient (Wildman–Crippen LogP) is 4.64. The highest BCUT2D eigenvalue weighted by Gasteiger charge is 2.31. The van der Waals surface area contributed by atoms with Crippen molar-refractivity contribution in [3.8, 4) is 11.5 Å². The Morgan fingerprint density at radius 1 is 1.04 bits per heavy atom. The van der Waals surface area contributed by atoms with Crippen LogP contribution in [-0.2, 0) is 10.0 Å². The molecule has 0 bridgehead atoms. The second-order valence-electron chi connectivity index (χ2n) is 4.65. The lowest BCUT2D eigenvalue weighted by molar-refractivity contribution is -0.274. The van der Waals surface area contributed by atoms with Crippen LogP contribution in [0.2, 0.25) is 5.02 Å². The molecule has 2 aromatic rings. The highest BCUT2D eigenvalue weighted by Crippen LogP contribution is 2.30. The van der Waals surface area contributed by atoms with Crippen LogP contribution >= 0.6 is 11.6 Å². The van der Waals surface area contributed by atoms with Crippen LogP contribution < -0.4 is 14.2 Å². The smallest absolute Gasteiger partial charge is 0.433 e. The number of anilines is 1. The highest BCUT2D eigenvalue weighted by molar-refractivity contribution is 7.92. The number of sulfonamides is 1. The van der Waals surface area contributed by atoms with E-state index in [1.807, 2.05) is 0 Å². The van der Waals surface area contributed by atoms with E-state index in [0.717, 1.165) is 42.5 Å². The van der Waals surface area contributed by atoms with Crippen LogP contribution in [0.5, 0.6) is 11.5 Å². The van der Waals surface area contributed by atoms with Crippen molar-refractivity contribution in [1.82, 2.24) is 0 Å². The van der Waals surface area contributed by atoms with Gasteiger partial charge in [-0.05, 0) is 42.5 Å². The topological polar surface area (TPSA) is 64.6 Å². The molecule has 0 amide bonds. The number of nitrogens with one attached hydrogen (secondary N) is 1. The van der Waals surface area contributed by atoms with Crippen LogP contribution in [-0.4, -0.2) is 21.4 Å². The Labute approximate surface area is 149 Å². The van der Waals surface area contributed by atoms with Gasteiger partial charge in [0.25, 0.3) is 10.0 Å². The van der Waals surface area contributed by atoms with Crippen molar-refractivity contribution < 1.29 is 39.8 Å². The second-order valence-corrected chi connectivity index (χ2v) is 6.74. The van der Waals surface area contributed by atoms with Crippen LogP contribution in [0.1, 0.15) is 0 Å². The Hall–Kier alpha value is -2.27. The molecule has 0 atom stereocenters. The second kappa shape index (κ2) is 7.54. The zero-order valence-corrected chi connectivity index (χ0v) is 14.0. The van der Waals surface area contributed by atoms with Crippen molar-refractivity contribution in [1.29, 1.82) is 0 Å². The molecule has 0 saturated carbocycles. The van der Waals surface area contributed by atoms with Gasteiger partial charge in [0.2, 0.25) is 0 Å². The van der Waals surface area contributed by atoms with Crippen LogP contribution in [0.3, 0.4) is 0 Å². The number of hydrogen-bond donors (Lipinski definition) is 1. The Balaban J connectivity index is 2.17. The molecule has 1 N–H and O–H groups in total. The lowest BCUT2D eigenvalue weighted by Gasteiger charge is -2.12. The predicted molar refractivity (Wildman–Crippen MR) is 82.0 cm³/mol. The van der Waals surface area contributed by atoms with Crippen molar-refractivity contribution in [2.45, 2.75) is 17.9 Å². The lowest BCUT2D eigenvalue weighted by Crippen LogP contribution is -2.17. The Bertz CT molecular complexity index is 872. The molecule has 0 heterocycles. The molecule has 142 valence electrons. The minimum Gasteiger partial charge on any atom is -0.433 e. The largest absolute Gasteiger partial charge is 0.573 e. The molecule has 0 aromatic heterocycles. The van der Waals surface area contributed by atoms with E-state index in [0.29, 0.717) is 0 Å². The third-order valence-electron chi connectivity index (χ3n) is 2.77. The lowest BCUT2D eigenvalue weighted by atomic mass is 10.3. The van der Waals surface area contributed by atoms with Gasteiger partial charge in [-0.3, -0.25) is 4.72 Å². The SMILES string of the molecule is O=S(=O)(Nc1ccc(OC(F)F)c(Cl)c1)c1ccc(OC(F)(F)F)cc1. The van der Waals surface area contributed by atoms with Crippen molar-refractivity contribution in [3.63, 3.8) is 0 Å². The van der Waals surface area contributed by atoms with Gasteiger partial charge in [-0.2, -0.15) is 8.78 Å². The number of rotatable bonds is 6. The molecule has 12 heteroatoms. The third kappa shape index (κ3) is 5.63. The van der Waals surface area contributed by atoms with Crippen LogP contribution in [0.15, 0.2) is 47.4 Å². The number of ether oxygens (including phenoxy) is 2. The summed E-state index contributed by atoms with van der Waals surface area (Å²) < 4.78 is 94.9. The minimum atomic E-state index is -4.91. The highest BCUT2D eigenvalue weighted by atomic mass is 35.5. The average molecular weight is 418 g/mol. The fourth-order valence-electron chi connectivity index (χ4n) is 1.79. The molecule has 5 nitrogen and oxygen atoms in total. The van der Waals surface area contributed by atoms with Gasteiger partial charge in [0.1, 0.15) is 11.5 Å². The summed E-state index contributed by atoms with van der Waals surface area (Å²) in [6, 6.07) is 6.66. The van der Waals surface area contributed by atoms with Gasteiger partial charge in [0.15, 0.2) is 0 Å². The number of hydrogen-bond acceptors (Lipinski definition) is 4. The van der Waals surface area contributed by atoms with Gasteiger partial charge in [0, 0.05) is 0 Å². The number of halogens is 6. The first-order chi connectivity index (χ1) is 12.0. The number of alkyl halides is 5. The molecule has 0 unspecified atom stereocenters. The first-order valence-corrected chi connectivity index (χ1v) is 8.45. The summed E-state index contributed by atoms with van der Waals surface area (Å²) >= 11 is 5.71. The van der Waals surface area contributed by atoms with E-state index in [-0.39, 0.29) is 21.4 Å². The molecule has 2 aromatic carbocycles. The van der Waals surface area contributed by atoms with Crippen LogP contribution in [0.25, 0.3) is 0 Å². The van der Waals surface area contributed by atoms with Crippen molar-refractivity contribution in [2.24, 2.45) is 0 Å². The fraction of sp³-hybridized carbons (Fsp3) is 0.143. The summed E-state index contributed by atoms with van der Waals surface area (Å²) in [5.74, 6) is -0.939. The normalized spacial score (nSPS) is 12.1. The van der Waals surface area contributed by atoms with E-state index in [2.05, 4.69) is 14.2 Å². The Morgan fingerprint density at radius 2 is 1.65 bits per heavy atom. The summed E-state index contributed by atoms with van der Waals surface area (Å²) in [5.41, 5.74) is -0.0627. The van der Waals surface area contributed by atoms with E-state index in [1.54, 1.807) is 0 Å². The maximum atomic E-state index is 12.2. The van der Waals surface area contributed by atoms with Gasteiger partial charge < -0.3 is 9.47 Å². The molecule has 0 aliphatic rings. The summed E-state index contributed by atoms with van der Waals surface area (Å²) in [7, 11) is -4.16. The van der Waals surface area contributed by atoms with Crippen LogP contribution in [0.4, 0.5) is 27.6 Å². The quantitative estimate of drug-likeness (QED) is 0.695. The molecule has 0 radical (unpaired) electrons. The molecule has 2 rings (SSSR count). The molecule has 0 saturated heterocycles. The van der Waals surface area contributed by atoms with E-state index in [1.165, 1.54) is 0 Å². The molecule has 0 aliphatic heterocycles. The van der Waals surface area contributed by atoms with E-state index < -0.39 is 28.7 Å². The van der Waals surface area contributed by atoms with Gasteiger partial charge in [-0.25, -0.2) is 8.42 Å². The molecule has 0 spiro atoms. The van der Waals surface area contributed by atoms with E-state index in [4.69, 9.17) is 11.6 Å². The third-order valence-corrected chi connectivity index (χ3v) is 4.46. The first-order valence-electron chi connectivity index (χ1n) is 6.59. The monoisotopic (exact) mass is 417 g/mol. The maximum absolute atomic E-state index is 12.2. The zero-order valence-electron chi connectivity index (χ0n) is 12.4. The number of benzene rings is 2. The molecular weight excluding hydrogens is 409 g/mol. The molecular formula is C14H9ClF5NO4S. The standard InChI is InChI=1S/C14H9ClF5NO4S/c15-11-7-8(1-6-12(11)24-13(16)17)21-26(22,23)10-4-2-9(3-5-10)25-14(18,19)20/h1-7,13,21H. The summed E-state index contributed by atoms with van der Waals surface area (Å²) in [6.45, 7) is -3.10. The summed E-state index contributed by atoms with van der Waals surface area (Å²) in [6.07, 6.45) is -4.91. The Kier molecular flexibility index (Phi) is 5.81. The molecule has 0 aliphatic carbocycles. The van der Waals surface area contributed by atoms with Gasteiger partial charge in [-0.15, -0.1) is 13.2 Å². The van der Waals surface area contributed by atoms with Gasteiger partial charge in [0.05, 0.1) is 15.6 Å². The van der Waals surface area contributed by atoms with Crippen LogP contribution in [0, 0.1) is 0 Å². The first kappa shape index (κ1) is 20.0. The zero-order chi connectivity index (χ0) is 19.5. The van der Waals surface area contributed by atoms with E-state index >= 15 is 0 Å². The van der Waals surface area contributed by atoms with E-state index in [9.17, 15) is 30.4 Å². The van der Waals surface area contributed by atoms with Gasteiger partial charge >= 0.3 is 13.0 Å². The van der Waals surface area contributed by atoms with Gasteiger partial charge in [-0.1, -0.05) is 11.6 Å². The molecule has 0 fully saturated rings. The maximum Gasteiger partial charge on any atom is 0.573 e. The van der Waals surface area contributed by atoms with Crippen molar-refractivity contribution in [3.05, 3.63) is 47.5 Å². The fourth-order valence-corrected chi connectivity index (χ4v) is 3.07. The van der Waals surface area contributed by atoms with Crippen molar-refractivity contribution >= 4 is 27.3 Å². The van der Waals surface area contributed by atoms with Crippen molar-refractivity contribution in [2.75, 3.05) is 4.72 Å². The minimum absolute atomic E-state index is 0.0627.